The van der Waals surface area contributed by atoms with Gasteiger partial charge >= 0.3 is 0 Å². The van der Waals surface area contributed by atoms with E-state index < -0.39 is 0 Å². The Hall–Kier alpha value is -3.22. The average molecular weight is 552 g/mol. The molecule has 1 saturated carbocycles. The van der Waals surface area contributed by atoms with Crippen molar-refractivity contribution in [2.75, 3.05) is 50.2 Å². The molecule has 216 valence electrons. The van der Waals surface area contributed by atoms with E-state index in [9.17, 15) is 4.79 Å². The third-order valence-electron chi connectivity index (χ3n) is 8.45. The van der Waals surface area contributed by atoms with Crippen molar-refractivity contribution in [2.24, 2.45) is 5.73 Å². The van der Waals surface area contributed by atoms with Crippen molar-refractivity contribution in [3.8, 4) is 0 Å². The summed E-state index contributed by atoms with van der Waals surface area (Å²) in [4.78, 5) is 23.7. The fourth-order valence-corrected chi connectivity index (χ4v) is 6.28. The summed E-state index contributed by atoms with van der Waals surface area (Å²) in [5, 5.41) is 11.7. The Labute approximate surface area is 234 Å². The van der Waals surface area contributed by atoms with Gasteiger partial charge < -0.3 is 30.4 Å². The number of carbonyl (C=O) groups excluding carboxylic acids is 1. The van der Waals surface area contributed by atoms with Crippen LogP contribution in [0, 0.1) is 0 Å². The average Bonchev–Trinajstić information content (AvgIpc) is 3.62. The number of hydrogen-bond donors (Lipinski definition) is 3. The van der Waals surface area contributed by atoms with Crippen LogP contribution in [0.1, 0.15) is 57.4 Å². The molecule has 0 unspecified atom stereocenters. The third kappa shape index (κ3) is 6.39. The minimum absolute atomic E-state index is 0.282. The van der Waals surface area contributed by atoms with Gasteiger partial charge in [0.15, 0.2) is 5.82 Å². The topological polar surface area (TPSA) is 137 Å². The molecule has 3 aliphatic rings. The first-order valence-corrected chi connectivity index (χ1v) is 14.7. The SMILES string of the molecule is NC(=O)CCCn1ccc2nc(Nc3cnn(C4CCOCC4)c3)nc(N[C@H]3CC[C@H](N4CCOCC4)CC3)c21. The van der Waals surface area contributed by atoms with Gasteiger partial charge in [-0.05, 0) is 51.0 Å². The molecule has 3 aromatic heterocycles. The lowest BCUT2D eigenvalue weighted by atomic mass is 9.90. The predicted molar refractivity (Wildman–Crippen MR) is 153 cm³/mol. The zero-order chi connectivity index (χ0) is 27.3. The molecule has 12 heteroatoms. The number of nitrogens with zero attached hydrogens (tertiary/aromatic N) is 6. The fourth-order valence-electron chi connectivity index (χ4n) is 6.28. The first-order valence-electron chi connectivity index (χ1n) is 14.7. The van der Waals surface area contributed by atoms with Crippen LogP contribution in [0.4, 0.5) is 17.5 Å². The second kappa shape index (κ2) is 12.5. The largest absolute Gasteiger partial charge is 0.381 e. The molecule has 2 aliphatic heterocycles. The molecule has 40 heavy (non-hydrogen) atoms. The number of hydrogen-bond acceptors (Lipinski definition) is 9. The molecule has 2 saturated heterocycles. The van der Waals surface area contributed by atoms with E-state index in [1.54, 1.807) is 0 Å². The number of ether oxygens (including phenoxy) is 2. The van der Waals surface area contributed by atoms with Crippen LogP contribution in [0.5, 0.6) is 0 Å². The van der Waals surface area contributed by atoms with E-state index in [1.165, 1.54) is 12.8 Å². The van der Waals surface area contributed by atoms with Gasteiger partial charge in [0.25, 0.3) is 0 Å². The maximum atomic E-state index is 11.3. The molecule has 1 aliphatic carbocycles. The van der Waals surface area contributed by atoms with Gasteiger partial charge in [0.2, 0.25) is 11.9 Å². The molecule has 3 aromatic rings. The van der Waals surface area contributed by atoms with Crippen LogP contribution in [0.3, 0.4) is 0 Å². The Morgan fingerprint density at radius 1 is 1.00 bits per heavy atom. The van der Waals surface area contributed by atoms with Crippen molar-refractivity contribution < 1.29 is 14.3 Å². The van der Waals surface area contributed by atoms with Crippen molar-refractivity contribution >= 4 is 34.4 Å². The van der Waals surface area contributed by atoms with Crippen molar-refractivity contribution in [1.29, 1.82) is 0 Å². The molecule has 0 bridgehead atoms. The van der Waals surface area contributed by atoms with E-state index in [2.05, 4.69) is 25.2 Å². The minimum atomic E-state index is -0.282. The molecular weight excluding hydrogens is 510 g/mol. The smallest absolute Gasteiger partial charge is 0.229 e. The first kappa shape index (κ1) is 27.0. The molecule has 3 fully saturated rings. The summed E-state index contributed by atoms with van der Waals surface area (Å²) in [6.45, 7) is 5.97. The van der Waals surface area contributed by atoms with Crippen molar-refractivity contribution in [3.05, 3.63) is 24.7 Å². The second-order valence-corrected chi connectivity index (χ2v) is 11.2. The van der Waals surface area contributed by atoms with Gasteiger partial charge in [-0.1, -0.05) is 0 Å². The molecule has 4 N–H and O–H groups in total. The Kier molecular flexibility index (Phi) is 8.45. The lowest BCUT2D eigenvalue weighted by Crippen LogP contribution is -2.46. The normalized spacial score (nSPS) is 22.9. The van der Waals surface area contributed by atoms with Crippen LogP contribution in [-0.2, 0) is 20.8 Å². The maximum Gasteiger partial charge on any atom is 0.229 e. The molecule has 5 heterocycles. The highest BCUT2D eigenvalue weighted by Gasteiger charge is 2.28. The van der Waals surface area contributed by atoms with E-state index >= 15 is 0 Å². The van der Waals surface area contributed by atoms with Crippen LogP contribution in [0.15, 0.2) is 24.7 Å². The van der Waals surface area contributed by atoms with E-state index in [-0.39, 0.29) is 5.91 Å². The zero-order valence-corrected chi connectivity index (χ0v) is 23.1. The number of nitrogens with one attached hydrogen (secondary N) is 2. The molecule has 6 rings (SSSR count). The number of aromatic nitrogens is 5. The number of amides is 1. The number of nitrogens with two attached hydrogens (primary N) is 1. The number of carbonyl (C=O) groups is 1. The third-order valence-corrected chi connectivity index (χ3v) is 8.45. The number of rotatable bonds is 10. The Balaban J connectivity index is 1.19. The molecule has 0 spiro atoms. The molecule has 0 radical (unpaired) electrons. The van der Waals surface area contributed by atoms with Crippen LogP contribution in [0.2, 0.25) is 0 Å². The van der Waals surface area contributed by atoms with Crippen molar-refractivity contribution in [2.45, 2.75) is 76.0 Å². The lowest BCUT2D eigenvalue weighted by molar-refractivity contribution is -0.118. The van der Waals surface area contributed by atoms with E-state index in [0.29, 0.717) is 43.5 Å². The number of aryl methyl sites for hydroxylation is 1. The molecular formula is C28H41N9O3. The zero-order valence-electron chi connectivity index (χ0n) is 23.1. The maximum absolute atomic E-state index is 11.3. The highest BCUT2D eigenvalue weighted by molar-refractivity contribution is 5.88. The van der Waals surface area contributed by atoms with Gasteiger partial charge in [0.05, 0.1) is 36.7 Å². The highest BCUT2D eigenvalue weighted by Crippen LogP contribution is 2.31. The fraction of sp³-hybridized carbons (Fsp3) is 0.643. The van der Waals surface area contributed by atoms with Gasteiger partial charge in [-0.3, -0.25) is 14.4 Å². The second-order valence-electron chi connectivity index (χ2n) is 11.2. The number of primary amides is 1. The van der Waals surface area contributed by atoms with E-state index in [4.69, 9.17) is 25.2 Å². The summed E-state index contributed by atoms with van der Waals surface area (Å²) in [5.74, 6) is 1.08. The van der Waals surface area contributed by atoms with E-state index in [1.807, 2.05) is 29.3 Å². The predicted octanol–water partition coefficient (Wildman–Crippen LogP) is 3.04. The Morgan fingerprint density at radius 2 is 1.77 bits per heavy atom. The number of anilines is 3. The Bertz CT molecular complexity index is 1270. The molecule has 1 amide bonds. The van der Waals surface area contributed by atoms with Crippen LogP contribution < -0.4 is 16.4 Å². The Morgan fingerprint density at radius 3 is 2.55 bits per heavy atom. The van der Waals surface area contributed by atoms with Gasteiger partial charge in [0, 0.05) is 63.7 Å². The van der Waals surface area contributed by atoms with Gasteiger partial charge in [-0.25, -0.2) is 4.98 Å². The van der Waals surface area contributed by atoms with Gasteiger partial charge in [-0.2, -0.15) is 10.1 Å². The van der Waals surface area contributed by atoms with Gasteiger partial charge in [-0.15, -0.1) is 0 Å². The van der Waals surface area contributed by atoms with Crippen molar-refractivity contribution in [3.63, 3.8) is 0 Å². The van der Waals surface area contributed by atoms with Gasteiger partial charge in [0.1, 0.15) is 5.52 Å². The number of fused-ring (bicyclic) bond motifs is 1. The standard InChI is InChI=1S/C28H41N9O3/c29-25(38)2-1-10-36-11-7-24-26(36)27(31-20-3-5-22(6-4-20)35-12-16-40-17-13-35)34-28(33-24)32-21-18-30-37(19-21)23-8-14-39-15-9-23/h7,11,18-20,22-23H,1-6,8-10,12-17H2,(H2,29,38)(H2,31,32,33,34)/t20-,22-. The quantitative estimate of drug-likeness (QED) is 0.347. The summed E-state index contributed by atoms with van der Waals surface area (Å²) in [6, 6.07) is 3.34. The van der Waals surface area contributed by atoms with Crippen molar-refractivity contribution in [1.82, 2.24) is 29.2 Å². The summed E-state index contributed by atoms with van der Waals surface area (Å²) >= 11 is 0. The summed E-state index contributed by atoms with van der Waals surface area (Å²) < 4.78 is 15.2. The molecule has 0 aromatic carbocycles. The first-order chi connectivity index (χ1) is 19.6. The monoisotopic (exact) mass is 551 g/mol. The molecule has 12 nitrogen and oxygen atoms in total. The summed E-state index contributed by atoms with van der Waals surface area (Å²) in [6.07, 6.45) is 13.4. The summed E-state index contributed by atoms with van der Waals surface area (Å²) in [5.41, 5.74) is 8.07. The highest BCUT2D eigenvalue weighted by atomic mass is 16.5. The van der Waals surface area contributed by atoms with Crippen LogP contribution in [-0.4, -0.2) is 86.7 Å². The lowest BCUT2D eigenvalue weighted by Gasteiger charge is -2.39. The molecule has 0 atom stereocenters. The van der Waals surface area contributed by atoms with Crippen LogP contribution >= 0.6 is 0 Å². The number of morpholine rings is 1. The summed E-state index contributed by atoms with van der Waals surface area (Å²) in [7, 11) is 0. The van der Waals surface area contributed by atoms with E-state index in [0.717, 1.165) is 87.7 Å². The van der Waals surface area contributed by atoms with Crippen LogP contribution in [0.25, 0.3) is 11.0 Å². The minimum Gasteiger partial charge on any atom is -0.381 e.